The molecule has 0 aliphatic heterocycles. The number of rotatable bonds is 11. The molecule has 2 atom stereocenters. The number of nitrogens with zero attached hydrogens (tertiary/aromatic N) is 4. The van der Waals surface area contributed by atoms with E-state index in [0.29, 0.717) is 36.4 Å². The van der Waals surface area contributed by atoms with Crippen LogP contribution in [0.2, 0.25) is 0 Å². The summed E-state index contributed by atoms with van der Waals surface area (Å²) in [4.78, 5) is 22.2. The molecule has 0 aliphatic rings. The minimum Gasteiger partial charge on any atom is -0.382 e. The number of nitrogen functional groups attached to an aromatic ring is 1. The van der Waals surface area contributed by atoms with Crippen molar-refractivity contribution in [1.82, 2.24) is 19.5 Å². The molecule has 156 valence electrons. The summed E-state index contributed by atoms with van der Waals surface area (Å²) in [5, 5.41) is 0. The Morgan fingerprint density at radius 3 is 2.76 bits per heavy atom. The third-order valence-corrected chi connectivity index (χ3v) is 5.35. The predicted molar refractivity (Wildman–Crippen MR) is 107 cm³/mol. The van der Waals surface area contributed by atoms with Crippen LogP contribution in [-0.4, -0.2) is 50.8 Å². The maximum Gasteiger partial charge on any atom is 0.472 e. The summed E-state index contributed by atoms with van der Waals surface area (Å²) in [5.41, 5.74) is 7.94. The Hall–Kier alpha value is -2.36. The fourth-order valence-electron chi connectivity index (χ4n) is 2.75. The Morgan fingerprint density at radius 1 is 1.21 bits per heavy atom. The van der Waals surface area contributed by atoms with E-state index in [9.17, 15) is 9.46 Å². The molecule has 0 spiro atoms. The number of methoxy groups -OCH3 is 1. The highest BCUT2D eigenvalue weighted by Crippen LogP contribution is 2.43. The number of nitrogens with two attached hydrogens (primary N) is 1. The van der Waals surface area contributed by atoms with Gasteiger partial charge >= 0.3 is 7.82 Å². The van der Waals surface area contributed by atoms with Crippen LogP contribution in [0.1, 0.15) is 12.0 Å². The highest BCUT2D eigenvalue weighted by Gasteiger charge is 2.23. The number of fused-ring (bicyclic) bond motifs is 1. The molecule has 11 heteroatoms. The predicted octanol–water partition coefficient (Wildman–Crippen LogP) is 2.19. The highest BCUT2D eigenvalue weighted by atomic mass is 31.2. The maximum absolute atomic E-state index is 12.1. The lowest BCUT2D eigenvalue weighted by Gasteiger charge is -2.18. The van der Waals surface area contributed by atoms with Gasteiger partial charge in [0.2, 0.25) is 0 Å². The first-order valence-electron chi connectivity index (χ1n) is 9.08. The molecule has 3 rings (SSSR count). The van der Waals surface area contributed by atoms with E-state index in [1.807, 2.05) is 34.9 Å². The standard InChI is InChI=1S/C18H24N5O5P/c1-26-15(7-9-23-13-22-16-17(19)20-12-21-18(16)23)11-28-29(24,25)27-10-8-14-5-3-2-4-6-14/h2-6,12-13,15H,7-11H2,1H3,(H,24,25)(H2,19,20,21)/t15-/m0/s1. The van der Waals surface area contributed by atoms with Gasteiger partial charge in [-0.1, -0.05) is 30.3 Å². The minimum absolute atomic E-state index is 0.0809. The highest BCUT2D eigenvalue weighted by molar-refractivity contribution is 7.47. The molecule has 0 radical (unpaired) electrons. The second-order valence-electron chi connectivity index (χ2n) is 6.35. The van der Waals surface area contributed by atoms with Gasteiger partial charge in [0.15, 0.2) is 11.5 Å². The van der Waals surface area contributed by atoms with Crippen molar-refractivity contribution in [2.45, 2.75) is 25.5 Å². The second-order valence-corrected chi connectivity index (χ2v) is 7.80. The smallest absolute Gasteiger partial charge is 0.382 e. The Balaban J connectivity index is 1.46. The van der Waals surface area contributed by atoms with Gasteiger partial charge in [-0.05, 0) is 18.4 Å². The minimum atomic E-state index is -4.16. The van der Waals surface area contributed by atoms with E-state index >= 15 is 0 Å². The third kappa shape index (κ3) is 6.06. The van der Waals surface area contributed by atoms with Crippen molar-refractivity contribution in [1.29, 1.82) is 0 Å². The number of benzene rings is 1. The Bertz CT molecular complexity index is 968. The maximum atomic E-state index is 12.1. The topological polar surface area (TPSA) is 135 Å². The fourth-order valence-corrected chi connectivity index (χ4v) is 3.50. The molecule has 0 amide bonds. The lowest BCUT2D eigenvalue weighted by molar-refractivity contribution is 0.0324. The van der Waals surface area contributed by atoms with Gasteiger partial charge in [0.1, 0.15) is 11.8 Å². The molecule has 2 heterocycles. The van der Waals surface area contributed by atoms with Crippen molar-refractivity contribution in [3.63, 3.8) is 0 Å². The van der Waals surface area contributed by atoms with E-state index < -0.39 is 13.9 Å². The molecule has 3 N–H and O–H groups in total. The van der Waals surface area contributed by atoms with Crippen LogP contribution in [0.4, 0.5) is 5.82 Å². The lowest BCUT2D eigenvalue weighted by Crippen LogP contribution is -2.20. The van der Waals surface area contributed by atoms with Gasteiger partial charge in [-0.25, -0.2) is 19.5 Å². The first-order valence-corrected chi connectivity index (χ1v) is 10.6. The summed E-state index contributed by atoms with van der Waals surface area (Å²) in [6.45, 7) is 0.510. The molecule has 0 aliphatic carbocycles. The molecular weight excluding hydrogens is 397 g/mol. The van der Waals surface area contributed by atoms with Crippen LogP contribution in [0.25, 0.3) is 11.2 Å². The van der Waals surface area contributed by atoms with Gasteiger partial charge in [0.05, 0.1) is 25.6 Å². The third-order valence-electron chi connectivity index (χ3n) is 4.37. The number of hydrogen-bond donors (Lipinski definition) is 2. The van der Waals surface area contributed by atoms with Crippen LogP contribution < -0.4 is 5.73 Å². The van der Waals surface area contributed by atoms with Crippen molar-refractivity contribution < 1.29 is 23.2 Å². The molecule has 0 saturated carbocycles. The van der Waals surface area contributed by atoms with Gasteiger partial charge in [0, 0.05) is 13.7 Å². The number of imidazole rings is 1. The molecule has 0 fully saturated rings. The number of phosphoric ester groups is 1. The van der Waals surface area contributed by atoms with Crippen LogP contribution in [0.15, 0.2) is 43.0 Å². The molecule has 0 saturated heterocycles. The first kappa shape index (κ1) is 21.4. The van der Waals surface area contributed by atoms with E-state index in [1.54, 1.807) is 6.33 Å². The largest absolute Gasteiger partial charge is 0.472 e. The average molecular weight is 421 g/mol. The first-order chi connectivity index (χ1) is 14.0. The van der Waals surface area contributed by atoms with Gasteiger partial charge in [-0.2, -0.15) is 0 Å². The number of aromatic nitrogens is 4. The summed E-state index contributed by atoms with van der Waals surface area (Å²) in [6, 6.07) is 9.55. The van der Waals surface area contributed by atoms with E-state index in [4.69, 9.17) is 19.5 Å². The Kier molecular flexibility index (Phi) is 7.29. The summed E-state index contributed by atoms with van der Waals surface area (Å²) in [5.74, 6) is 0.314. The molecule has 2 aromatic heterocycles. The second kappa shape index (κ2) is 9.91. The zero-order valence-corrected chi connectivity index (χ0v) is 16.9. The van der Waals surface area contributed by atoms with Crippen molar-refractivity contribution in [2.75, 3.05) is 26.1 Å². The number of hydrogen-bond acceptors (Lipinski definition) is 8. The lowest BCUT2D eigenvalue weighted by atomic mass is 10.2. The van der Waals surface area contributed by atoms with Crippen LogP contribution in [0, 0.1) is 0 Å². The van der Waals surface area contributed by atoms with E-state index in [1.165, 1.54) is 13.4 Å². The number of ether oxygens (including phenoxy) is 1. The van der Waals surface area contributed by atoms with E-state index in [-0.39, 0.29) is 13.2 Å². The van der Waals surface area contributed by atoms with Crippen molar-refractivity contribution >= 4 is 24.8 Å². The van der Waals surface area contributed by atoms with E-state index in [2.05, 4.69) is 15.0 Å². The van der Waals surface area contributed by atoms with Gasteiger partial charge in [-0.3, -0.25) is 9.05 Å². The quantitative estimate of drug-likeness (QED) is 0.447. The van der Waals surface area contributed by atoms with Crippen molar-refractivity contribution in [3.05, 3.63) is 48.5 Å². The van der Waals surface area contributed by atoms with Crippen LogP contribution >= 0.6 is 7.82 Å². The summed E-state index contributed by atoms with van der Waals surface area (Å²) < 4.78 is 29.4. The average Bonchev–Trinajstić information content (AvgIpc) is 3.13. The Labute approximate surface area is 168 Å². The fraction of sp³-hybridized carbons (Fsp3) is 0.389. The molecule has 29 heavy (non-hydrogen) atoms. The van der Waals surface area contributed by atoms with Gasteiger partial charge in [0.25, 0.3) is 0 Å². The summed E-state index contributed by atoms with van der Waals surface area (Å²) >= 11 is 0. The van der Waals surface area contributed by atoms with Gasteiger partial charge in [-0.15, -0.1) is 0 Å². The van der Waals surface area contributed by atoms with Crippen molar-refractivity contribution in [2.24, 2.45) is 0 Å². The molecule has 1 unspecified atom stereocenters. The SMILES string of the molecule is CO[C@@H](CCn1cnc2c(N)ncnc21)COP(=O)(O)OCCc1ccccc1. The van der Waals surface area contributed by atoms with Crippen molar-refractivity contribution in [3.8, 4) is 0 Å². The molecule has 3 aromatic rings. The number of anilines is 1. The zero-order chi connectivity index (χ0) is 20.7. The van der Waals surface area contributed by atoms with E-state index in [0.717, 1.165) is 5.56 Å². The normalized spacial score (nSPS) is 14.7. The number of phosphoric acid groups is 1. The monoisotopic (exact) mass is 421 g/mol. The van der Waals surface area contributed by atoms with Crippen LogP contribution in [0.3, 0.4) is 0 Å². The zero-order valence-electron chi connectivity index (χ0n) is 16.0. The molecule has 10 nitrogen and oxygen atoms in total. The Morgan fingerprint density at radius 2 is 2.00 bits per heavy atom. The molecular formula is C18H24N5O5P. The van der Waals surface area contributed by atoms with Crippen LogP contribution in [-0.2, 0) is 31.3 Å². The molecule has 0 bridgehead atoms. The molecule has 1 aromatic carbocycles. The van der Waals surface area contributed by atoms with Crippen LogP contribution in [0.5, 0.6) is 0 Å². The van der Waals surface area contributed by atoms with Gasteiger partial charge < -0.3 is 19.9 Å². The summed E-state index contributed by atoms with van der Waals surface area (Å²) in [7, 11) is -2.65. The summed E-state index contributed by atoms with van der Waals surface area (Å²) in [6.07, 6.45) is 3.61. The number of aryl methyl sites for hydroxylation is 1.